The minimum atomic E-state index is -4.30. The van der Waals surface area contributed by atoms with E-state index in [1.54, 1.807) is 46.8 Å². The summed E-state index contributed by atoms with van der Waals surface area (Å²) in [5.74, 6) is -0.0709. The van der Waals surface area contributed by atoms with Crippen molar-refractivity contribution in [3.8, 4) is 0 Å². The van der Waals surface area contributed by atoms with Crippen LogP contribution in [0.15, 0.2) is 53.4 Å². The van der Waals surface area contributed by atoms with Crippen LogP contribution in [0.4, 0.5) is 10.7 Å². The van der Waals surface area contributed by atoms with Gasteiger partial charge in [0.15, 0.2) is 0 Å². The third-order valence-corrected chi connectivity index (χ3v) is 7.44. The fourth-order valence-electron chi connectivity index (χ4n) is 3.87. The van der Waals surface area contributed by atoms with Crippen LogP contribution < -0.4 is 14.8 Å². The summed E-state index contributed by atoms with van der Waals surface area (Å²) in [6.07, 6.45) is -3.19. The molecule has 226 valence electrons. The van der Waals surface area contributed by atoms with Crippen LogP contribution in [-0.4, -0.2) is 74.3 Å². The number of sulfonamides is 2. The van der Waals surface area contributed by atoms with Crippen LogP contribution in [0, 0.1) is 0 Å². The van der Waals surface area contributed by atoms with Crippen molar-refractivity contribution >= 4 is 43.1 Å². The van der Waals surface area contributed by atoms with Gasteiger partial charge in [-0.05, 0) is 64.8 Å². The topological polar surface area (TPSA) is 189 Å². The molecule has 1 amide bonds. The highest BCUT2D eigenvalue weighted by Crippen LogP contribution is 2.21. The standard InChI is InChI=1S/C26H37N5O8S2/c1-16(2)38-23(22(32)21(14-17-10-8-7-9-11-17)29-25(33)39-26(3,4)5)30-41(36,37)18-12-13-19-20(15-18)28-24(27-19)31-40(6,34)35/h7-13,15-16,21-23,30,32H,14H2,1-6H3,(H,29,33)(H2,27,28,31)/t21-,22+,23?/m0/s1. The van der Waals surface area contributed by atoms with Crippen molar-refractivity contribution in [3.05, 3.63) is 54.1 Å². The van der Waals surface area contributed by atoms with Gasteiger partial charge in [0.1, 0.15) is 17.9 Å². The summed E-state index contributed by atoms with van der Waals surface area (Å²) in [4.78, 5) is 19.3. The fourth-order valence-corrected chi connectivity index (χ4v) is 5.47. The van der Waals surface area contributed by atoms with Crippen molar-refractivity contribution in [1.82, 2.24) is 20.0 Å². The summed E-state index contributed by atoms with van der Waals surface area (Å²) in [5.41, 5.74) is 0.565. The number of aromatic nitrogens is 2. The predicted molar refractivity (Wildman–Crippen MR) is 154 cm³/mol. The number of carbonyl (C=O) groups excluding carboxylic acids is 1. The number of amides is 1. The third-order valence-electron chi connectivity index (χ3n) is 5.46. The van der Waals surface area contributed by atoms with Crippen LogP contribution in [0.1, 0.15) is 40.2 Å². The van der Waals surface area contributed by atoms with Gasteiger partial charge in [0.25, 0.3) is 0 Å². The highest BCUT2D eigenvalue weighted by atomic mass is 32.2. The van der Waals surface area contributed by atoms with Crippen molar-refractivity contribution in [2.45, 2.75) is 76.0 Å². The van der Waals surface area contributed by atoms with Gasteiger partial charge in [-0.3, -0.25) is 4.72 Å². The second-order valence-electron chi connectivity index (χ2n) is 10.8. The van der Waals surface area contributed by atoms with Crippen LogP contribution in [0.25, 0.3) is 11.0 Å². The number of aromatic amines is 1. The first-order valence-corrected chi connectivity index (χ1v) is 16.2. The Bertz CT molecular complexity index is 1550. The number of hydrogen-bond acceptors (Lipinski definition) is 9. The molecule has 0 saturated carbocycles. The Balaban J connectivity index is 1.91. The smallest absolute Gasteiger partial charge is 0.407 e. The lowest BCUT2D eigenvalue weighted by Crippen LogP contribution is -2.57. The number of aliphatic hydroxyl groups is 1. The first kappa shape index (κ1) is 32.3. The number of nitrogens with zero attached hydrogens (tertiary/aromatic N) is 1. The van der Waals surface area contributed by atoms with E-state index < -0.39 is 56.2 Å². The number of fused-ring (bicyclic) bond motifs is 1. The van der Waals surface area contributed by atoms with Crippen LogP contribution in [-0.2, 0) is 35.9 Å². The molecule has 5 N–H and O–H groups in total. The Morgan fingerprint density at radius 2 is 1.73 bits per heavy atom. The molecule has 1 unspecified atom stereocenters. The highest BCUT2D eigenvalue weighted by molar-refractivity contribution is 7.92. The summed E-state index contributed by atoms with van der Waals surface area (Å²) < 4.78 is 65.7. The molecule has 3 aromatic rings. The second-order valence-corrected chi connectivity index (χ2v) is 14.3. The van der Waals surface area contributed by atoms with Gasteiger partial charge in [-0.15, -0.1) is 0 Å². The van der Waals surface area contributed by atoms with Crippen molar-refractivity contribution in [3.63, 3.8) is 0 Å². The van der Waals surface area contributed by atoms with E-state index >= 15 is 0 Å². The zero-order chi connectivity index (χ0) is 30.6. The van der Waals surface area contributed by atoms with Crippen molar-refractivity contribution in [2.24, 2.45) is 0 Å². The monoisotopic (exact) mass is 611 g/mol. The van der Waals surface area contributed by atoms with Crippen molar-refractivity contribution in [2.75, 3.05) is 11.0 Å². The van der Waals surface area contributed by atoms with Gasteiger partial charge in [0.05, 0.1) is 34.3 Å². The molecule has 0 bridgehead atoms. The number of hydrogen-bond donors (Lipinski definition) is 5. The molecule has 15 heteroatoms. The van der Waals surface area contributed by atoms with Crippen molar-refractivity contribution in [1.29, 1.82) is 0 Å². The molecule has 0 fully saturated rings. The van der Waals surface area contributed by atoms with Crippen LogP contribution in [0.5, 0.6) is 0 Å². The molecule has 1 heterocycles. The van der Waals surface area contributed by atoms with E-state index in [1.807, 2.05) is 18.2 Å². The van der Waals surface area contributed by atoms with Crippen molar-refractivity contribution < 1.29 is 36.2 Å². The zero-order valence-electron chi connectivity index (χ0n) is 23.7. The lowest BCUT2D eigenvalue weighted by atomic mass is 10.0. The molecule has 0 spiro atoms. The van der Waals surface area contributed by atoms with Gasteiger partial charge in [0, 0.05) is 0 Å². The molecular weight excluding hydrogens is 574 g/mol. The second kappa shape index (κ2) is 12.7. The number of anilines is 1. The fraction of sp³-hybridized carbons (Fsp3) is 0.462. The Kier molecular flexibility index (Phi) is 10.0. The SMILES string of the molecule is CC(C)OC(NS(=O)(=O)c1ccc2nc(NS(C)(=O)=O)[nH]c2c1)[C@H](O)[C@H](Cc1ccccc1)NC(=O)OC(C)(C)C. The minimum Gasteiger partial charge on any atom is -0.444 e. The van der Waals surface area contributed by atoms with E-state index in [-0.39, 0.29) is 22.8 Å². The molecule has 3 rings (SSSR count). The van der Waals surface area contributed by atoms with E-state index in [0.29, 0.717) is 5.52 Å². The summed E-state index contributed by atoms with van der Waals surface area (Å²) in [6.45, 7) is 8.45. The van der Waals surface area contributed by atoms with Gasteiger partial charge < -0.3 is 24.9 Å². The van der Waals surface area contributed by atoms with E-state index in [9.17, 15) is 26.7 Å². The molecule has 13 nitrogen and oxygen atoms in total. The van der Waals surface area contributed by atoms with Crippen LogP contribution in [0.2, 0.25) is 0 Å². The summed E-state index contributed by atoms with van der Waals surface area (Å²) >= 11 is 0. The average Bonchev–Trinajstić information content (AvgIpc) is 3.21. The first-order valence-electron chi connectivity index (χ1n) is 12.8. The maximum atomic E-state index is 13.4. The summed E-state index contributed by atoms with van der Waals surface area (Å²) in [6, 6.07) is 12.0. The zero-order valence-corrected chi connectivity index (χ0v) is 25.3. The Morgan fingerprint density at radius 3 is 2.32 bits per heavy atom. The Hall–Kier alpha value is -3.24. The van der Waals surface area contributed by atoms with Gasteiger partial charge in [-0.1, -0.05) is 30.3 Å². The number of benzene rings is 2. The lowest BCUT2D eigenvalue weighted by molar-refractivity contribution is -0.0822. The molecule has 3 atom stereocenters. The number of H-pyrrole nitrogens is 1. The maximum absolute atomic E-state index is 13.4. The average molecular weight is 612 g/mol. The number of ether oxygens (including phenoxy) is 2. The third kappa shape index (κ3) is 9.97. The summed E-state index contributed by atoms with van der Waals surface area (Å²) in [5, 5.41) is 14.1. The molecule has 0 aliphatic carbocycles. The molecule has 0 aliphatic heterocycles. The molecule has 0 radical (unpaired) electrons. The van der Waals surface area contributed by atoms with Crippen LogP contribution >= 0.6 is 0 Å². The predicted octanol–water partition coefficient (Wildman–Crippen LogP) is 2.46. The van der Waals surface area contributed by atoms with Gasteiger partial charge in [-0.25, -0.2) is 26.6 Å². The van der Waals surface area contributed by atoms with Gasteiger partial charge >= 0.3 is 6.09 Å². The number of alkyl carbamates (subject to hydrolysis) is 1. The first-order chi connectivity index (χ1) is 18.9. The number of nitrogens with one attached hydrogen (secondary N) is 4. The van der Waals surface area contributed by atoms with E-state index in [2.05, 4.69) is 24.7 Å². The molecular formula is C26H37N5O8S2. The van der Waals surface area contributed by atoms with Gasteiger partial charge in [-0.2, -0.15) is 4.72 Å². The summed E-state index contributed by atoms with van der Waals surface area (Å²) in [7, 11) is -7.90. The minimum absolute atomic E-state index is 0.0709. The molecule has 1 aromatic heterocycles. The van der Waals surface area contributed by atoms with E-state index in [1.165, 1.54) is 18.2 Å². The quantitative estimate of drug-likeness (QED) is 0.192. The van der Waals surface area contributed by atoms with Gasteiger partial charge in [0.2, 0.25) is 26.0 Å². The number of imidazole rings is 1. The molecule has 0 aliphatic rings. The van der Waals surface area contributed by atoms with Crippen LogP contribution in [0.3, 0.4) is 0 Å². The Morgan fingerprint density at radius 1 is 1.07 bits per heavy atom. The van der Waals surface area contributed by atoms with E-state index in [4.69, 9.17) is 9.47 Å². The number of rotatable bonds is 12. The lowest BCUT2D eigenvalue weighted by Gasteiger charge is -2.32. The normalized spacial score (nSPS) is 14.9. The largest absolute Gasteiger partial charge is 0.444 e. The number of carbonyl (C=O) groups is 1. The molecule has 41 heavy (non-hydrogen) atoms. The highest BCUT2D eigenvalue weighted by Gasteiger charge is 2.35. The molecule has 0 saturated heterocycles. The Labute approximate surface area is 240 Å². The maximum Gasteiger partial charge on any atom is 0.407 e. The molecule has 2 aromatic carbocycles. The van der Waals surface area contributed by atoms with E-state index in [0.717, 1.165) is 11.8 Å². The number of aliphatic hydroxyl groups excluding tert-OH is 1.